The minimum atomic E-state index is -0.464. The van der Waals surface area contributed by atoms with Crippen LogP contribution in [0.2, 0.25) is 0 Å². The molecule has 1 atom stereocenters. The zero-order chi connectivity index (χ0) is 14.4. The van der Waals surface area contributed by atoms with Gasteiger partial charge in [0.05, 0.1) is 0 Å². The molecule has 2 rings (SSSR count). The van der Waals surface area contributed by atoms with Crippen LogP contribution in [0.4, 0.5) is 0 Å². The number of benzene rings is 1. The number of furan rings is 1. The largest absolute Gasteiger partial charge is 0.458 e. The van der Waals surface area contributed by atoms with Crippen LogP contribution in [0.15, 0.2) is 28.7 Å². The third-order valence-corrected chi connectivity index (χ3v) is 3.85. The number of aliphatic hydroxyl groups excluding tert-OH is 1. The summed E-state index contributed by atoms with van der Waals surface area (Å²) in [5.41, 5.74) is 2.09. The highest BCUT2D eigenvalue weighted by molar-refractivity contribution is 5.78. The van der Waals surface area contributed by atoms with E-state index in [1.54, 1.807) is 0 Å². The van der Waals surface area contributed by atoms with E-state index in [9.17, 15) is 5.11 Å². The van der Waals surface area contributed by atoms with E-state index in [1.807, 2.05) is 18.2 Å². The Labute approximate surface area is 121 Å². The van der Waals surface area contributed by atoms with E-state index in [4.69, 9.17) is 4.42 Å². The van der Waals surface area contributed by atoms with E-state index in [-0.39, 0.29) is 0 Å². The van der Waals surface area contributed by atoms with Gasteiger partial charge in [0.2, 0.25) is 0 Å². The Bertz CT molecular complexity index is 527. The van der Waals surface area contributed by atoms with Crippen molar-refractivity contribution in [2.75, 3.05) is 0 Å². The van der Waals surface area contributed by atoms with Crippen molar-refractivity contribution in [3.05, 3.63) is 35.6 Å². The lowest BCUT2D eigenvalue weighted by molar-refractivity contribution is 0.139. The molecule has 2 heteroatoms. The predicted molar refractivity (Wildman–Crippen MR) is 83.9 cm³/mol. The predicted octanol–water partition coefficient (Wildman–Crippen LogP) is 5.53. The molecule has 110 valence electrons. The number of unbranched alkanes of at least 4 members (excludes halogenated alkanes) is 5. The molecule has 1 N–H and O–H groups in total. The van der Waals surface area contributed by atoms with Crippen LogP contribution in [0, 0.1) is 6.92 Å². The fourth-order valence-corrected chi connectivity index (χ4v) is 2.61. The monoisotopic (exact) mass is 274 g/mol. The number of aryl methyl sites for hydroxylation is 1. The van der Waals surface area contributed by atoms with Crippen LogP contribution in [0.1, 0.15) is 69.3 Å². The fraction of sp³-hybridized carbons (Fsp3) is 0.556. The molecule has 0 radical (unpaired) electrons. The third kappa shape index (κ3) is 4.11. The molecule has 2 nitrogen and oxygen atoms in total. The maximum Gasteiger partial charge on any atom is 0.134 e. The summed E-state index contributed by atoms with van der Waals surface area (Å²) >= 11 is 0. The lowest BCUT2D eigenvalue weighted by Gasteiger charge is -2.07. The Kier molecular flexibility index (Phi) is 5.66. The van der Waals surface area contributed by atoms with E-state index in [1.165, 1.54) is 37.7 Å². The lowest BCUT2D eigenvalue weighted by atomic mass is 10.1. The quantitative estimate of drug-likeness (QED) is 0.642. The van der Waals surface area contributed by atoms with E-state index in [2.05, 4.69) is 19.9 Å². The number of aliphatic hydroxyl groups is 1. The number of hydrogen-bond donors (Lipinski definition) is 1. The molecule has 1 aromatic carbocycles. The first kappa shape index (κ1) is 15.1. The molecule has 20 heavy (non-hydrogen) atoms. The average molecular weight is 274 g/mol. The van der Waals surface area contributed by atoms with Gasteiger partial charge in [0.1, 0.15) is 17.4 Å². The van der Waals surface area contributed by atoms with Gasteiger partial charge in [-0.2, -0.15) is 0 Å². The molecule has 0 amide bonds. The maximum absolute atomic E-state index is 10.2. The third-order valence-electron chi connectivity index (χ3n) is 3.85. The van der Waals surface area contributed by atoms with Gasteiger partial charge in [-0.3, -0.25) is 0 Å². The summed E-state index contributed by atoms with van der Waals surface area (Å²) in [6.07, 6.45) is 7.81. The lowest BCUT2D eigenvalue weighted by Crippen LogP contribution is -1.95. The Morgan fingerprint density at radius 2 is 1.80 bits per heavy atom. The van der Waals surface area contributed by atoms with Crippen LogP contribution >= 0.6 is 0 Å². The molecular formula is C18H26O2. The van der Waals surface area contributed by atoms with Crippen LogP contribution in [-0.2, 0) is 0 Å². The minimum Gasteiger partial charge on any atom is -0.458 e. The first-order valence-corrected chi connectivity index (χ1v) is 7.89. The molecule has 1 aromatic heterocycles. The molecule has 0 aliphatic heterocycles. The fourth-order valence-electron chi connectivity index (χ4n) is 2.61. The molecule has 1 unspecified atom stereocenters. The first-order chi connectivity index (χ1) is 9.70. The average Bonchev–Trinajstić information content (AvgIpc) is 2.85. The zero-order valence-corrected chi connectivity index (χ0v) is 12.7. The van der Waals surface area contributed by atoms with Crippen LogP contribution in [0.25, 0.3) is 11.0 Å². The van der Waals surface area contributed by atoms with Crippen molar-refractivity contribution in [1.29, 1.82) is 0 Å². The second-order valence-corrected chi connectivity index (χ2v) is 5.76. The Hall–Kier alpha value is -1.28. The summed E-state index contributed by atoms with van der Waals surface area (Å²) in [6, 6.07) is 8.09. The van der Waals surface area contributed by atoms with Gasteiger partial charge in [-0.1, -0.05) is 57.1 Å². The Balaban J connectivity index is 1.83. The number of rotatable bonds is 8. The molecule has 0 saturated heterocycles. The minimum absolute atomic E-state index is 0.464. The summed E-state index contributed by atoms with van der Waals surface area (Å²) in [4.78, 5) is 0. The first-order valence-electron chi connectivity index (χ1n) is 7.89. The number of hydrogen-bond acceptors (Lipinski definition) is 2. The second-order valence-electron chi connectivity index (χ2n) is 5.76. The van der Waals surface area contributed by atoms with Crippen molar-refractivity contribution < 1.29 is 9.52 Å². The molecule has 0 aliphatic carbocycles. The van der Waals surface area contributed by atoms with Gasteiger partial charge in [0.25, 0.3) is 0 Å². The highest BCUT2D eigenvalue weighted by Gasteiger charge is 2.13. The Morgan fingerprint density at radius 1 is 1.05 bits per heavy atom. The standard InChI is InChI=1S/C18H26O2/c1-3-4-5-6-7-8-9-16(19)18-13-15-12-14(2)10-11-17(15)20-18/h10-13,16,19H,3-9H2,1-2H3. The van der Waals surface area contributed by atoms with Crippen molar-refractivity contribution in [1.82, 2.24) is 0 Å². The van der Waals surface area contributed by atoms with Crippen molar-refractivity contribution in [3.8, 4) is 0 Å². The normalized spacial score (nSPS) is 12.9. The SMILES string of the molecule is CCCCCCCCC(O)c1cc2cc(C)ccc2o1. The maximum atomic E-state index is 10.2. The molecule has 0 fully saturated rings. The summed E-state index contributed by atoms with van der Waals surface area (Å²) in [5, 5.41) is 11.3. The summed E-state index contributed by atoms with van der Waals surface area (Å²) in [6.45, 7) is 4.30. The highest BCUT2D eigenvalue weighted by atomic mass is 16.4. The smallest absolute Gasteiger partial charge is 0.134 e. The van der Waals surface area contributed by atoms with Gasteiger partial charge in [0.15, 0.2) is 0 Å². The van der Waals surface area contributed by atoms with Gasteiger partial charge in [-0.15, -0.1) is 0 Å². The summed E-state index contributed by atoms with van der Waals surface area (Å²) in [7, 11) is 0. The molecule has 2 aromatic rings. The molecule has 1 heterocycles. The van der Waals surface area contributed by atoms with Gasteiger partial charge in [0, 0.05) is 5.39 Å². The van der Waals surface area contributed by atoms with E-state index >= 15 is 0 Å². The van der Waals surface area contributed by atoms with E-state index < -0.39 is 6.10 Å². The van der Waals surface area contributed by atoms with Gasteiger partial charge < -0.3 is 9.52 Å². The van der Waals surface area contributed by atoms with Crippen molar-refractivity contribution >= 4 is 11.0 Å². The second kappa shape index (κ2) is 7.49. The van der Waals surface area contributed by atoms with Crippen LogP contribution < -0.4 is 0 Å². The summed E-state index contributed by atoms with van der Waals surface area (Å²) < 4.78 is 5.73. The Morgan fingerprint density at radius 3 is 2.60 bits per heavy atom. The van der Waals surface area contributed by atoms with Crippen LogP contribution in [-0.4, -0.2) is 5.11 Å². The van der Waals surface area contributed by atoms with Gasteiger partial charge in [-0.05, 0) is 31.5 Å². The van der Waals surface area contributed by atoms with Crippen molar-refractivity contribution in [2.24, 2.45) is 0 Å². The van der Waals surface area contributed by atoms with Gasteiger partial charge >= 0.3 is 0 Å². The highest BCUT2D eigenvalue weighted by Crippen LogP contribution is 2.27. The topological polar surface area (TPSA) is 33.4 Å². The zero-order valence-electron chi connectivity index (χ0n) is 12.7. The van der Waals surface area contributed by atoms with Crippen LogP contribution in [0.5, 0.6) is 0 Å². The molecule has 0 saturated carbocycles. The number of fused-ring (bicyclic) bond motifs is 1. The van der Waals surface area contributed by atoms with Gasteiger partial charge in [-0.25, -0.2) is 0 Å². The molecule has 0 spiro atoms. The van der Waals surface area contributed by atoms with E-state index in [0.29, 0.717) is 5.76 Å². The molecular weight excluding hydrogens is 248 g/mol. The van der Waals surface area contributed by atoms with Crippen LogP contribution in [0.3, 0.4) is 0 Å². The van der Waals surface area contributed by atoms with E-state index in [0.717, 1.165) is 23.8 Å². The van der Waals surface area contributed by atoms with Crippen molar-refractivity contribution in [2.45, 2.75) is 64.9 Å². The summed E-state index contributed by atoms with van der Waals surface area (Å²) in [5.74, 6) is 0.708. The molecule has 0 aliphatic rings. The molecule has 0 bridgehead atoms. The van der Waals surface area contributed by atoms with Crippen molar-refractivity contribution in [3.63, 3.8) is 0 Å².